The second kappa shape index (κ2) is 6.02. The van der Waals surface area contributed by atoms with Crippen LogP contribution in [0.4, 0.5) is 0 Å². The van der Waals surface area contributed by atoms with Crippen LogP contribution in [0.5, 0.6) is 0 Å². The first-order valence-corrected chi connectivity index (χ1v) is 7.56. The fourth-order valence-electron chi connectivity index (χ4n) is 1.40. The lowest BCUT2D eigenvalue weighted by Gasteiger charge is -2.03. The van der Waals surface area contributed by atoms with E-state index in [1.807, 2.05) is 6.92 Å². The van der Waals surface area contributed by atoms with E-state index in [2.05, 4.69) is 14.9 Å². The quantitative estimate of drug-likeness (QED) is 0.696. The van der Waals surface area contributed by atoms with E-state index in [1.54, 1.807) is 24.3 Å². The van der Waals surface area contributed by atoms with Crippen molar-refractivity contribution in [1.29, 1.82) is 0 Å². The summed E-state index contributed by atoms with van der Waals surface area (Å²) < 4.78 is 23.8. The van der Waals surface area contributed by atoms with Crippen molar-refractivity contribution in [3.8, 4) is 0 Å². The number of nitrogens with zero attached hydrogens (tertiary/aromatic N) is 2. The molecule has 0 aliphatic carbocycles. The van der Waals surface area contributed by atoms with Gasteiger partial charge in [0.2, 0.25) is 0 Å². The van der Waals surface area contributed by atoms with E-state index in [-0.39, 0.29) is 4.90 Å². The van der Waals surface area contributed by atoms with Crippen LogP contribution in [-0.4, -0.2) is 19.6 Å². The van der Waals surface area contributed by atoms with Gasteiger partial charge in [0.15, 0.2) is 0 Å². The fourth-order valence-corrected chi connectivity index (χ4v) is 2.30. The zero-order valence-corrected chi connectivity index (χ0v) is 12.2. The van der Waals surface area contributed by atoms with Gasteiger partial charge in [-0.15, -0.1) is 0 Å². The average Bonchev–Trinajstić information content (AvgIpc) is 2.41. The molecule has 0 amide bonds. The van der Waals surface area contributed by atoms with Gasteiger partial charge in [0.05, 0.1) is 21.8 Å². The van der Waals surface area contributed by atoms with Crippen LogP contribution in [0.3, 0.4) is 0 Å². The molecule has 0 spiro atoms. The first kappa shape index (κ1) is 14.5. The minimum atomic E-state index is -3.66. The SMILES string of the molecule is Cc1ccc(S(=O)(=O)N/N=C\c2ccc(Cl)cn2)cc1. The Hall–Kier alpha value is -1.92. The monoisotopic (exact) mass is 309 g/mol. The summed E-state index contributed by atoms with van der Waals surface area (Å²) in [6, 6.07) is 9.76. The van der Waals surface area contributed by atoms with Crippen LogP contribution >= 0.6 is 11.6 Å². The Morgan fingerprint density at radius 1 is 1.20 bits per heavy atom. The molecule has 0 aliphatic heterocycles. The van der Waals surface area contributed by atoms with Crippen molar-refractivity contribution >= 4 is 27.8 Å². The van der Waals surface area contributed by atoms with E-state index >= 15 is 0 Å². The van der Waals surface area contributed by atoms with Crippen molar-refractivity contribution in [1.82, 2.24) is 9.82 Å². The number of benzene rings is 1. The van der Waals surface area contributed by atoms with E-state index in [0.29, 0.717) is 10.7 Å². The maximum Gasteiger partial charge on any atom is 0.276 e. The topological polar surface area (TPSA) is 71.4 Å². The highest BCUT2D eigenvalue weighted by molar-refractivity contribution is 7.89. The predicted octanol–water partition coefficient (Wildman–Crippen LogP) is 2.36. The van der Waals surface area contributed by atoms with Crippen molar-refractivity contribution in [2.45, 2.75) is 11.8 Å². The van der Waals surface area contributed by atoms with Gasteiger partial charge in [-0.05, 0) is 31.2 Å². The maximum atomic E-state index is 11.9. The van der Waals surface area contributed by atoms with Gasteiger partial charge in [0, 0.05) is 6.20 Å². The normalized spacial score (nSPS) is 11.7. The molecular weight excluding hydrogens is 298 g/mol. The summed E-state index contributed by atoms with van der Waals surface area (Å²) in [5.74, 6) is 0. The smallest absolute Gasteiger partial charge is 0.254 e. The van der Waals surface area contributed by atoms with Crippen LogP contribution in [0.2, 0.25) is 5.02 Å². The highest BCUT2D eigenvalue weighted by atomic mass is 35.5. The van der Waals surface area contributed by atoms with E-state index in [1.165, 1.54) is 24.5 Å². The van der Waals surface area contributed by atoms with Crippen LogP contribution < -0.4 is 4.83 Å². The molecule has 0 fully saturated rings. The summed E-state index contributed by atoms with van der Waals surface area (Å²) in [6.45, 7) is 1.88. The molecule has 0 saturated heterocycles. The van der Waals surface area contributed by atoms with Gasteiger partial charge in [0.25, 0.3) is 10.0 Å². The Balaban J connectivity index is 2.09. The zero-order valence-electron chi connectivity index (χ0n) is 10.6. The molecule has 0 atom stereocenters. The Bertz CT molecular complexity index is 710. The van der Waals surface area contributed by atoms with Gasteiger partial charge in [-0.2, -0.15) is 13.5 Å². The number of aryl methyl sites for hydroxylation is 1. The Kier molecular flexibility index (Phi) is 4.36. The predicted molar refractivity (Wildman–Crippen MR) is 78.3 cm³/mol. The molecule has 1 aromatic carbocycles. The number of sulfonamides is 1. The van der Waals surface area contributed by atoms with Gasteiger partial charge in [-0.25, -0.2) is 4.83 Å². The molecular formula is C13H12ClN3O2S. The number of hydrogen-bond donors (Lipinski definition) is 1. The van der Waals surface area contributed by atoms with E-state index in [9.17, 15) is 8.42 Å². The van der Waals surface area contributed by atoms with E-state index < -0.39 is 10.0 Å². The van der Waals surface area contributed by atoms with Crippen LogP contribution in [0.1, 0.15) is 11.3 Å². The molecule has 0 saturated carbocycles. The third-order valence-electron chi connectivity index (χ3n) is 2.45. The van der Waals surface area contributed by atoms with Crippen molar-refractivity contribution < 1.29 is 8.42 Å². The van der Waals surface area contributed by atoms with Crippen LogP contribution in [0, 0.1) is 6.92 Å². The van der Waals surface area contributed by atoms with Crippen molar-refractivity contribution in [3.05, 3.63) is 58.9 Å². The second-order valence-corrected chi connectivity index (χ2v) is 6.16. The lowest BCUT2D eigenvalue weighted by molar-refractivity contribution is 0.584. The minimum absolute atomic E-state index is 0.157. The number of rotatable bonds is 4. The lowest BCUT2D eigenvalue weighted by Crippen LogP contribution is -2.18. The minimum Gasteiger partial charge on any atom is -0.254 e. The zero-order chi connectivity index (χ0) is 14.6. The molecule has 0 bridgehead atoms. The molecule has 0 aliphatic rings. The molecule has 5 nitrogen and oxygen atoms in total. The number of nitrogens with one attached hydrogen (secondary N) is 1. The summed E-state index contributed by atoms with van der Waals surface area (Å²) in [6.07, 6.45) is 2.76. The molecule has 1 N–H and O–H groups in total. The molecule has 2 rings (SSSR count). The fraction of sp³-hybridized carbons (Fsp3) is 0.0769. The second-order valence-electron chi connectivity index (χ2n) is 4.07. The van der Waals surface area contributed by atoms with Crippen molar-refractivity contribution in [2.75, 3.05) is 0 Å². The number of pyridine rings is 1. The maximum absolute atomic E-state index is 11.9. The highest BCUT2D eigenvalue weighted by Crippen LogP contribution is 2.09. The molecule has 1 aromatic heterocycles. The third kappa shape index (κ3) is 3.79. The molecule has 20 heavy (non-hydrogen) atoms. The number of hydrogen-bond acceptors (Lipinski definition) is 4. The lowest BCUT2D eigenvalue weighted by atomic mass is 10.2. The molecule has 7 heteroatoms. The molecule has 104 valence electrons. The van der Waals surface area contributed by atoms with Crippen LogP contribution in [-0.2, 0) is 10.0 Å². The van der Waals surface area contributed by atoms with E-state index in [0.717, 1.165) is 5.56 Å². The average molecular weight is 310 g/mol. The summed E-state index contributed by atoms with van der Waals surface area (Å²) in [7, 11) is -3.66. The number of halogens is 1. The number of hydrazone groups is 1. The van der Waals surface area contributed by atoms with Crippen molar-refractivity contribution in [2.24, 2.45) is 5.10 Å². The summed E-state index contributed by atoms with van der Waals surface area (Å²) in [4.78, 5) is 6.25. The Morgan fingerprint density at radius 3 is 2.50 bits per heavy atom. The van der Waals surface area contributed by atoms with Crippen molar-refractivity contribution in [3.63, 3.8) is 0 Å². The highest BCUT2D eigenvalue weighted by Gasteiger charge is 2.11. The summed E-state index contributed by atoms with van der Waals surface area (Å²) >= 11 is 5.69. The van der Waals surface area contributed by atoms with Gasteiger partial charge < -0.3 is 0 Å². The first-order chi connectivity index (χ1) is 9.47. The Morgan fingerprint density at radius 2 is 1.90 bits per heavy atom. The largest absolute Gasteiger partial charge is 0.276 e. The first-order valence-electron chi connectivity index (χ1n) is 5.70. The summed E-state index contributed by atoms with van der Waals surface area (Å²) in [5, 5.41) is 4.18. The number of aromatic nitrogens is 1. The third-order valence-corrected chi connectivity index (χ3v) is 3.91. The summed E-state index contributed by atoms with van der Waals surface area (Å²) in [5.41, 5.74) is 1.49. The molecule has 2 aromatic rings. The standard InChI is InChI=1S/C13H12ClN3O2S/c1-10-2-6-13(7-3-10)20(18,19)17-16-9-12-5-4-11(14)8-15-12/h2-9,17H,1H3/b16-9-. The van der Waals surface area contributed by atoms with Crippen LogP contribution in [0.15, 0.2) is 52.6 Å². The van der Waals surface area contributed by atoms with Gasteiger partial charge in [-0.3, -0.25) is 4.98 Å². The van der Waals surface area contributed by atoms with E-state index in [4.69, 9.17) is 11.6 Å². The van der Waals surface area contributed by atoms with Gasteiger partial charge in [-0.1, -0.05) is 29.3 Å². The van der Waals surface area contributed by atoms with Gasteiger partial charge >= 0.3 is 0 Å². The Labute approximate surface area is 122 Å². The van der Waals surface area contributed by atoms with Crippen LogP contribution in [0.25, 0.3) is 0 Å². The molecule has 1 heterocycles. The molecule has 0 unspecified atom stereocenters. The molecule has 0 radical (unpaired) electrons. The van der Waals surface area contributed by atoms with Gasteiger partial charge in [0.1, 0.15) is 0 Å².